The van der Waals surface area contributed by atoms with Gasteiger partial charge >= 0.3 is 0 Å². The van der Waals surface area contributed by atoms with Crippen molar-refractivity contribution in [3.8, 4) is 0 Å². The first-order valence-electron chi connectivity index (χ1n) is 8.45. The number of hydrogen-bond donors (Lipinski definition) is 0. The van der Waals surface area contributed by atoms with E-state index in [2.05, 4.69) is 69.6 Å². The van der Waals surface area contributed by atoms with Crippen LogP contribution in [0.2, 0.25) is 5.15 Å². The molecule has 0 atom stereocenters. The topological polar surface area (TPSA) is 43.6 Å². The van der Waals surface area contributed by atoms with Gasteiger partial charge < -0.3 is 4.57 Å². The van der Waals surface area contributed by atoms with Crippen LogP contribution in [0, 0.1) is 0 Å². The molecule has 128 valence electrons. The number of nitrogens with zero attached hydrogens (tertiary/aromatic N) is 4. The van der Waals surface area contributed by atoms with Crippen LogP contribution in [-0.4, -0.2) is 19.5 Å². The fourth-order valence-corrected chi connectivity index (χ4v) is 3.18. The van der Waals surface area contributed by atoms with Crippen molar-refractivity contribution < 1.29 is 0 Å². The van der Waals surface area contributed by atoms with Gasteiger partial charge in [-0.05, 0) is 23.1 Å². The van der Waals surface area contributed by atoms with Crippen LogP contribution in [0.3, 0.4) is 0 Å². The molecule has 0 fully saturated rings. The minimum atomic E-state index is 0.388. The smallest absolute Gasteiger partial charge is 0.164 e. The first-order valence-corrected chi connectivity index (χ1v) is 8.83. The van der Waals surface area contributed by atoms with Gasteiger partial charge in [-0.25, -0.2) is 15.0 Å². The molecule has 0 N–H and O–H groups in total. The molecule has 0 aliphatic carbocycles. The molecule has 0 aliphatic heterocycles. The van der Waals surface area contributed by atoms with Crippen molar-refractivity contribution in [1.29, 1.82) is 0 Å². The van der Waals surface area contributed by atoms with Crippen LogP contribution in [0.25, 0.3) is 16.7 Å². The second-order valence-electron chi connectivity index (χ2n) is 5.91. The molecule has 4 aromatic rings. The first-order chi connectivity index (χ1) is 12.8. The Labute approximate surface area is 156 Å². The van der Waals surface area contributed by atoms with Gasteiger partial charge in [-0.3, -0.25) is 0 Å². The summed E-state index contributed by atoms with van der Waals surface area (Å²) in [6.07, 6.45) is 6.35. The predicted molar refractivity (Wildman–Crippen MR) is 105 cm³/mol. The molecule has 5 heteroatoms. The molecule has 0 saturated heterocycles. The van der Waals surface area contributed by atoms with Gasteiger partial charge in [0.25, 0.3) is 0 Å². The first kappa shape index (κ1) is 16.5. The lowest BCUT2D eigenvalue weighted by Crippen LogP contribution is -1.97. The van der Waals surface area contributed by atoms with Crippen molar-refractivity contribution in [2.24, 2.45) is 0 Å². The van der Waals surface area contributed by atoms with E-state index in [0.717, 1.165) is 18.6 Å². The molecule has 4 nitrogen and oxygen atoms in total. The Balaban J connectivity index is 1.62. The Kier molecular flexibility index (Phi) is 4.75. The summed E-state index contributed by atoms with van der Waals surface area (Å²) < 4.78 is 2.01. The highest BCUT2D eigenvalue weighted by Crippen LogP contribution is 2.24. The fourth-order valence-electron chi connectivity index (χ4n) is 3.00. The maximum Gasteiger partial charge on any atom is 0.164 e. The lowest BCUT2D eigenvalue weighted by atomic mass is 9.97. The molecule has 2 heterocycles. The van der Waals surface area contributed by atoms with Crippen molar-refractivity contribution in [2.45, 2.75) is 13.0 Å². The fraction of sp³-hybridized carbons (Fsp3) is 0.0952. The molecule has 4 rings (SSSR count). The Morgan fingerprint density at radius 3 is 2.19 bits per heavy atom. The van der Waals surface area contributed by atoms with Crippen molar-refractivity contribution in [1.82, 2.24) is 19.5 Å². The van der Waals surface area contributed by atoms with Gasteiger partial charge in [0.1, 0.15) is 11.8 Å². The van der Waals surface area contributed by atoms with Crippen LogP contribution < -0.4 is 0 Å². The third kappa shape index (κ3) is 3.37. The van der Waals surface area contributed by atoms with Crippen LogP contribution in [-0.2, 0) is 6.54 Å². The number of allylic oxidation sites excluding steroid dienone is 1. The normalized spacial score (nSPS) is 10.8. The highest BCUT2D eigenvalue weighted by atomic mass is 35.5. The summed E-state index contributed by atoms with van der Waals surface area (Å²) in [5, 5.41) is 0.388. The van der Waals surface area contributed by atoms with Gasteiger partial charge in [0.05, 0.1) is 6.33 Å². The summed E-state index contributed by atoms with van der Waals surface area (Å²) in [7, 11) is 0. The van der Waals surface area contributed by atoms with E-state index in [9.17, 15) is 0 Å². The van der Waals surface area contributed by atoms with E-state index in [1.165, 1.54) is 23.0 Å². The van der Waals surface area contributed by atoms with Gasteiger partial charge in [0.15, 0.2) is 10.8 Å². The maximum atomic E-state index is 6.08. The van der Waals surface area contributed by atoms with Crippen LogP contribution >= 0.6 is 11.6 Å². The second kappa shape index (κ2) is 7.50. The number of fused-ring (bicyclic) bond motifs is 1. The van der Waals surface area contributed by atoms with E-state index in [4.69, 9.17) is 11.6 Å². The molecule has 0 saturated carbocycles. The average Bonchev–Trinajstić information content (AvgIpc) is 3.11. The summed E-state index contributed by atoms with van der Waals surface area (Å²) in [5.74, 6) is 0. The SMILES string of the molecule is Clc1ncnc2c1ncn2CCC=C(c1ccccc1)c1ccccc1. The van der Waals surface area contributed by atoms with Crippen LogP contribution in [0.15, 0.2) is 79.4 Å². The van der Waals surface area contributed by atoms with E-state index < -0.39 is 0 Å². The number of aromatic nitrogens is 4. The Morgan fingerprint density at radius 2 is 1.54 bits per heavy atom. The lowest BCUT2D eigenvalue weighted by molar-refractivity contribution is 0.723. The number of rotatable bonds is 5. The van der Waals surface area contributed by atoms with Crippen molar-refractivity contribution in [3.05, 3.63) is 95.7 Å². The highest BCUT2D eigenvalue weighted by Gasteiger charge is 2.08. The summed E-state index contributed by atoms with van der Waals surface area (Å²) in [6.45, 7) is 0.771. The third-order valence-electron chi connectivity index (χ3n) is 4.24. The quantitative estimate of drug-likeness (QED) is 0.470. The van der Waals surface area contributed by atoms with Crippen LogP contribution in [0.4, 0.5) is 0 Å². The van der Waals surface area contributed by atoms with Gasteiger partial charge in [-0.15, -0.1) is 0 Å². The minimum absolute atomic E-state index is 0.388. The van der Waals surface area contributed by atoms with Crippen molar-refractivity contribution in [3.63, 3.8) is 0 Å². The largest absolute Gasteiger partial charge is 0.315 e. The van der Waals surface area contributed by atoms with Gasteiger partial charge in [0, 0.05) is 6.54 Å². The molecular weight excluding hydrogens is 344 g/mol. The zero-order valence-electron chi connectivity index (χ0n) is 14.1. The standard InChI is InChI=1S/C21H17ClN4/c22-20-19-21(24-14-23-20)26(15-25-19)13-7-12-18(16-8-3-1-4-9-16)17-10-5-2-6-11-17/h1-6,8-12,14-15H,7,13H2. The number of imidazole rings is 1. The zero-order chi connectivity index (χ0) is 17.8. The predicted octanol–water partition coefficient (Wildman–Crippen LogP) is 5.00. The minimum Gasteiger partial charge on any atom is -0.315 e. The molecule has 26 heavy (non-hydrogen) atoms. The number of benzene rings is 2. The molecule has 0 unspecified atom stereocenters. The van der Waals surface area contributed by atoms with Crippen LogP contribution in [0.5, 0.6) is 0 Å². The van der Waals surface area contributed by atoms with E-state index in [1.807, 2.05) is 16.7 Å². The number of aryl methyl sites for hydroxylation is 1. The summed E-state index contributed by atoms with van der Waals surface area (Å²) in [4.78, 5) is 12.6. The highest BCUT2D eigenvalue weighted by molar-refractivity contribution is 6.33. The Morgan fingerprint density at radius 1 is 0.885 bits per heavy atom. The second-order valence-corrected chi connectivity index (χ2v) is 6.27. The molecule has 2 aromatic carbocycles. The molecular formula is C21H17ClN4. The van der Waals surface area contributed by atoms with E-state index in [1.54, 1.807) is 6.33 Å². The Bertz CT molecular complexity index is 998. The van der Waals surface area contributed by atoms with E-state index in [0.29, 0.717) is 10.7 Å². The third-order valence-corrected chi connectivity index (χ3v) is 4.52. The summed E-state index contributed by atoms with van der Waals surface area (Å²) in [5.41, 5.74) is 5.05. The van der Waals surface area contributed by atoms with E-state index >= 15 is 0 Å². The molecule has 0 bridgehead atoms. The molecule has 0 spiro atoms. The zero-order valence-corrected chi connectivity index (χ0v) is 14.8. The van der Waals surface area contributed by atoms with Crippen molar-refractivity contribution >= 4 is 28.3 Å². The van der Waals surface area contributed by atoms with Crippen LogP contribution in [0.1, 0.15) is 17.5 Å². The van der Waals surface area contributed by atoms with E-state index in [-0.39, 0.29) is 0 Å². The maximum absolute atomic E-state index is 6.08. The Hall–Kier alpha value is -2.98. The molecule has 0 amide bonds. The molecule has 0 radical (unpaired) electrons. The average molecular weight is 361 g/mol. The number of hydrogen-bond acceptors (Lipinski definition) is 3. The van der Waals surface area contributed by atoms with Gasteiger partial charge in [-0.1, -0.05) is 78.3 Å². The number of halogens is 1. The van der Waals surface area contributed by atoms with Gasteiger partial charge in [-0.2, -0.15) is 0 Å². The summed E-state index contributed by atoms with van der Waals surface area (Å²) in [6, 6.07) is 20.9. The van der Waals surface area contributed by atoms with Crippen molar-refractivity contribution in [2.75, 3.05) is 0 Å². The summed E-state index contributed by atoms with van der Waals surface area (Å²) >= 11 is 6.08. The monoisotopic (exact) mass is 360 g/mol. The molecule has 2 aromatic heterocycles. The molecule has 0 aliphatic rings. The lowest BCUT2D eigenvalue weighted by Gasteiger charge is -2.09. The van der Waals surface area contributed by atoms with Gasteiger partial charge in [0.2, 0.25) is 0 Å².